The quantitative estimate of drug-likeness (QED) is 0.723. The van der Waals surface area contributed by atoms with Gasteiger partial charge in [0.2, 0.25) is 0 Å². The average molecular weight is 175 g/mol. The smallest absolute Gasteiger partial charge is 0.181 e. The van der Waals surface area contributed by atoms with Gasteiger partial charge in [-0.05, 0) is 24.5 Å². The van der Waals surface area contributed by atoms with Crippen LogP contribution in [0.2, 0.25) is 0 Å². The molecule has 3 nitrogen and oxygen atoms in total. The summed E-state index contributed by atoms with van der Waals surface area (Å²) in [7, 11) is 0. The van der Waals surface area contributed by atoms with Crippen molar-refractivity contribution in [3.05, 3.63) is 23.5 Å². The summed E-state index contributed by atoms with van der Waals surface area (Å²) in [6.07, 6.45) is 1.84. The SMILES string of the molecule is Cc1cnc2n[nH]c(C(C)C)c2c1. The van der Waals surface area contributed by atoms with Crippen molar-refractivity contribution in [2.45, 2.75) is 26.7 Å². The van der Waals surface area contributed by atoms with Crippen LogP contribution in [0, 0.1) is 6.92 Å². The van der Waals surface area contributed by atoms with Crippen LogP contribution in [0.1, 0.15) is 31.0 Å². The predicted octanol–water partition coefficient (Wildman–Crippen LogP) is 2.39. The Morgan fingerprint density at radius 3 is 2.85 bits per heavy atom. The van der Waals surface area contributed by atoms with Crippen LogP contribution in [0.3, 0.4) is 0 Å². The third-order valence-electron chi connectivity index (χ3n) is 2.15. The van der Waals surface area contributed by atoms with E-state index in [0.29, 0.717) is 5.92 Å². The molecule has 0 spiro atoms. The highest BCUT2D eigenvalue weighted by molar-refractivity contribution is 5.78. The molecule has 0 aliphatic rings. The number of aryl methyl sites for hydroxylation is 1. The summed E-state index contributed by atoms with van der Waals surface area (Å²) in [5.74, 6) is 0.466. The Morgan fingerprint density at radius 2 is 2.15 bits per heavy atom. The fourth-order valence-corrected chi connectivity index (χ4v) is 1.46. The summed E-state index contributed by atoms with van der Waals surface area (Å²) in [6, 6.07) is 2.13. The molecular formula is C10H13N3. The first-order chi connectivity index (χ1) is 6.18. The van der Waals surface area contributed by atoms with Crippen molar-refractivity contribution in [2.75, 3.05) is 0 Å². The van der Waals surface area contributed by atoms with Gasteiger partial charge >= 0.3 is 0 Å². The average Bonchev–Trinajstić information content (AvgIpc) is 2.46. The van der Waals surface area contributed by atoms with E-state index in [4.69, 9.17) is 0 Å². The molecule has 2 rings (SSSR count). The van der Waals surface area contributed by atoms with Crippen molar-refractivity contribution in [1.82, 2.24) is 15.2 Å². The van der Waals surface area contributed by atoms with Gasteiger partial charge in [-0.25, -0.2) is 4.98 Å². The Morgan fingerprint density at radius 1 is 1.38 bits per heavy atom. The number of nitrogens with one attached hydrogen (secondary N) is 1. The minimum absolute atomic E-state index is 0.466. The Bertz CT molecular complexity index is 429. The number of nitrogens with zero attached hydrogens (tertiary/aromatic N) is 2. The summed E-state index contributed by atoms with van der Waals surface area (Å²) in [6.45, 7) is 6.34. The van der Waals surface area contributed by atoms with Crippen LogP contribution >= 0.6 is 0 Å². The van der Waals surface area contributed by atoms with Crippen LogP contribution in [0.5, 0.6) is 0 Å². The number of fused-ring (bicyclic) bond motifs is 1. The second-order valence-corrected chi connectivity index (χ2v) is 3.68. The zero-order chi connectivity index (χ0) is 9.42. The van der Waals surface area contributed by atoms with E-state index in [0.717, 1.165) is 11.0 Å². The first-order valence-corrected chi connectivity index (χ1v) is 4.49. The maximum Gasteiger partial charge on any atom is 0.181 e. The van der Waals surface area contributed by atoms with Gasteiger partial charge < -0.3 is 0 Å². The fraction of sp³-hybridized carbons (Fsp3) is 0.400. The van der Waals surface area contributed by atoms with E-state index in [-0.39, 0.29) is 0 Å². The molecule has 0 fully saturated rings. The summed E-state index contributed by atoms with van der Waals surface area (Å²) < 4.78 is 0. The van der Waals surface area contributed by atoms with Gasteiger partial charge in [0.25, 0.3) is 0 Å². The number of H-pyrrole nitrogens is 1. The summed E-state index contributed by atoms with van der Waals surface area (Å²) in [4.78, 5) is 4.24. The van der Waals surface area contributed by atoms with Gasteiger partial charge in [-0.3, -0.25) is 5.10 Å². The van der Waals surface area contributed by atoms with Gasteiger partial charge in [-0.1, -0.05) is 13.8 Å². The molecule has 0 saturated carbocycles. The lowest BCUT2D eigenvalue weighted by Crippen LogP contribution is -1.87. The molecule has 1 N–H and O–H groups in total. The van der Waals surface area contributed by atoms with Crippen LogP contribution in [0.25, 0.3) is 11.0 Å². The van der Waals surface area contributed by atoms with E-state index < -0.39 is 0 Å². The third kappa shape index (κ3) is 1.30. The minimum atomic E-state index is 0.466. The van der Waals surface area contributed by atoms with Gasteiger partial charge in [-0.15, -0.1) is 0 Å². The van der Waals surface area contributed by atoms with Crippen molar-refractivity contribution in [3.63, 3.8) is 0 Å². The molecule has 0 radical (unpaired) electrons. The lowest BCUT2D eigenvalue weighted by molar-refractivity contribution is 0.817. The highest BCUT2D eigenvalue weighted by Gasteiger charge is 2.08. The van der Waals surface area contributed by atoms with Crippen LogP contribution in [0.4, 0.5) is 0 Å². The molecule has 2 aromatic heterocycles. The Kier molecular flexibility index (Phi) is 1.79. The highest BCUT2D eigenvalue weighted by atomic mass is 15.1. The number of aromatic amines is 1. The van der Waals surface area contributed by atoms with Gasteiger partial charge in [0.05, 0.1) is 0 Å². The molecule has 2 heterocycles. The molecule has 0 bridgehead atoms. The van der Waals surface area contributed by atoms with E-state index in [1.165, 1.54) is 11.3 Å². The first kappa shape index (κ1) is 8.23. The molecule has 0 atom stereocenters. The zero-order valence-corrected chi connectivity index (χ0v) is 8.13. The monoisotopic (exact) mass is 175 g/mol. The largest absolute Gasteiger partial charge is 0.279 e. The Hall–Kier alpha value is -1.38. The maximum atomic E-state index is 4.24. The number of hydrogen-bond acceptors (Lipinski definition) is 2. The molecule has 68 valence electrons. The molecule has 13 heavy (non-hydrogen) atoms. The van der Waals surface area contributed by atoms with Crippen LogP contribution < -0.4 is 0 Å². The summed E-state index contributed by atoms with van der Waals surface area (Å²) in [5.41, 5.74) is 3.16. The molecule has 0 aliphatic carbocycles. The van der Waals surface area contributed by atoms with Gasteiger partial charge in [0, 0.05) is 17.3 Å². The number of pyridine rings is 1. The molecular weight excluding hydrogens is 162 g/mol. The number of rotatable bonds is 1. The predicted molar refractivity (Wildman–Crippen MR) is 52.7 cm³/mol. The molecule has 0 aromatic carbocycles. The Labute approximate surface area is 77.2 Å². The molecule has 3 heteroatoms. The number of hydrogen-bond donors (Lipinski definition) is 1. The maximum absolute atomic E-state index is 4.24. The minimum Gasteiger partial charge on any atom is -0.279 e. The zero-order valence-electron chi connectivity index (χ0n) is 8.13. The van der Waals surface area contributed by atoms with Crippen LogP contribution in [-0.4, -0.2) is 15.2 Å². The fourth-order valence-electron chi connectivity index (χ4n) is 1.46. The van der Waals surface area contributed by atoms with Crippen LogP contribution in [-0.2, 0) is 0 Å². The van der Waals surface area contributed by atoms with E-state index in [1.807, 2.05) is 13.1 Å². The molecule has 0 saturated heterocycles. The van der Waals surface area contributed by atoms with E-state index >= 15 is 0 Å². The van der Waals surface area contributed by atoms with E-state index in [2.05, 4.69) is 35.1 Å². The first-order valence-electron chi connectivity index (χ1n) is 4.49. The standard InChI is InChI=1S/C10H13N3/c1-6(2)9-8-4-7(3)5-11-10(8)13-12-9/h4-6H,1-3H3,(H,11,12,13). The molecule has 0 aliphatic heterocycles. The molecule has 2 aromatic rings. The molecule has 0 unspecified atom stereocenters. The second-order valence-electron chi connectivity index (χ2n) is 3.68. The normalized spacial score (nSPS) is 11.4. The third-order valence-corrected chi connectivity index (χ3v) is 2.15. The lowest BCUT2D eigenvalue weighted by atomic mass is 10.1. The van der Waals surface area contributed by atoms with Crippen LogP contribution in [0.15, 0.2) is 12.3 Å². The van der Waals surface area contributed by atoms with Gasteiger partial charge in [0.15, 0.2) is 5.65 Å². The second kappa shape index (κ2) is 2.83. The van der Waals surface area contributed by atoms with Gasteiger partial charge in [0.1, 0.15) is 0 Å². The van der Waals surface area contributed by atoms with Crippen molar-refractivity contribution in [2.24, 2.45) is 0 Å². The van der Waals surface area contributed by atoms with Crippen molar-refractivity contribution in [1.29, 1.82) is 0 Å². The van der Waals surface area contributed by atoms with E-state index in [1.54, 1.807) is 0 Å². The summed E-state index contributed by atoms with van der Waals surface area (Å²) >= 11 is 0. The summed E-state index contributed by atoms with van der Waals surface area (Å²) in [5, 5.41) is 8.32. The topological polar surface area (TPSA) is 41.6 Å². The van der Waals surface area contributed by atoms with E-state index in [9.17, 15) is 0 Å². The number of aromatic nitrogens is 3. The van der Waals surface area contributed by atoms with Gasteiger partial charge in [-0.2, -0.15) is 5.10 Å². The lowest BCUT2D eigenvalue weighted by Gasteiger charge is -2.00. The highest BCUT2D eigenvalue weighted by Crippen LogP contribution is 2.21. The Balaban J connectivity index is 2.71. The van der Waals surface area contributed by atoms with Crippen molar-refractivity contribution >= 4 is 11.0 Å². The molecule has 0 amide bonds. The van der Waals surface area contributed by atoms with Crippen molar-refractivity contribution < 1.29 is 0 Å². The van der Waals surface area contributed by atoms with Crippen molar-refractivity contribution in [3.8, 4) is 0 Å².